The fourth-order valence-electron chi connectivity index (χ4n) is 2.04. The third-order valence-corrected chi connectivity index (χ3v) is 3.09. The smallest absolute Gasteiger partial charge is 0.131 e. The van der Waals surface area contributed by atoms with E-state index in [1.54, 1.807) is 0 Å². The van der Waals surface area contributed by atoms with Gasteiger partial charge in [-0.15, -0.1) is 0 Å². The molecule has 0 radical (unpaired) electrons. The molecule has 0 saturated carbocycles. The minimum atomic E-state index is 0.545. The molecule has 0 aliphatic carbocycles. The molecule has 1 fully saturated rings. The van der Waals surface area contributed by atoms with Crippen LogP contribution in [0.5, 0.6) is 0 Å². The fourth-order valence-corrected chi connectivity index (χ4v) is 2.04. The predicted molar refractivity (Wildman–Crippen MR) is 58.4 cm³/mol. The molecular weight excluding hydrogens is 186 g/mol. The van der Waals surface area contributed by atoms with Crippen molar-refractivity contribution in [1.29, 1.82) is 0 Å². The van der Waals surface area contributed by atoms with Crippen LogP contribution in [0.15, 0.2) is 6.20 Å². The molecule has 15 heavy (non-hydrogen) atoms. The number of imidazole rings is 1. The minimum Gasteiger partial charge on any atom is -0.334 e. The first-order valence-corrected chi connectivity index (χ1v) is 5.70. The van der Waals surface area contributed by atoms with Crippen molar-refractivity contribution in [2.24, 2.45) is 5.92 Å². The van der Waals surface area contributed by atoms with E-state index in [0.717, 1.165) is 31.7 Å². The highest BCUT2D eigenvalue weighted by atomic mass is 15.1. The van der Waals surface area contributed by atoms with Gasteiger partial charge in [0, 0.05) is 38.2 Å². The summed E-state index contributed by atoms with van der Waals surface area (Å²) in [6.45, 7) is 3.20. The molecule has 0 spiro atoms. The number of aromatic nitrogens is 2. The van der Waals surface area contributed by atoms with E-state index in [9.17, 15) is 0 Å². The van der Waals surface area contributed by atoms with Gasteiger partial charge in [0.15, 0.2) is 0 Å². The van der Waals surface area contributed by atoms with E-state index in [-0.39, 0.29) is 0 Å². The van der Waals surface area contributed by atoms with Crippen molar-refractivity contribution < 1.29 is 0 Å². The lowest BCUT2D eigenvalue weighted by atomic mass is 10.0. The quantitative estimate of drug-likeness (QED) is 0.629. The Morgan fingerprint density at radius 3 is 3.07 bits per heavy atom. The summed E-state index contributed by atoms with van der Waals surface area (Å²) in [7, 11) is 0. The third kappa shape index (κ3) is 1.78. The summed E-state index contributed by atoms with van der Waals surface area (Å²) >= 11 is 0. The molecule has 2 aliphatic heterocycles. The lowest BCUT2D eigenvalue weighted by Gasteiger charge is -2.20. The Kier molecular flexibility index (Phi) is 2.22. The molecule has 0 bridgehead atoms. The maximum Gasteiger partial charge on any atom is 0.131 e. The van der Waals surface area contributed by atoms with Crippen LogP contribution >= 0.6 is 0 Å². The first-order valence-electron chi connectivity index (χ1n) is 5.70. The van der Waals surface area contributed by atoms with E-state index in [0.29, 0.717) is 5.92 Å². The van der Waals surface area contributed by atoms with Crippen LogP contribution < -0.4 is 5.32 Å². The molecule has 78 valence electrons. The summed E-state index contributed by atoms with van der Waals surface area (Å²) in [6.07, 6.45) is 5.78. The van der Waals surface area contributed by atoms with E-state index in [2.05, 4.69) is 32.9 Å². The predicted octanol–water partition coefficient (Wildman–Crippen LogP) is 0.790. The van der Waals surface area contributed by atoms with Gasteiger partial charge in [-0.25, -0.2) is 4.98 Å². The molecule has 3 nitrogen and oxygen atoms in total. The summed E-state index contributed by atoms with van der Waals surface area (Å²) < 4.78 is 2.26. The number of nitrogens with one attached hydrogen (secondary N) is 1. The van der Waals surface area contributed by atoms with Crippen LogP contribution in [0.1, 0.15) is 24.4 Å². The zero-order valence-electron chi connectivity index (χ0n) is 8.79. The van der Waals surface area contributed by atoms with Crippen LogP contribution in [0, 0.1) is 17.8 Å². The molecule has 0 amide bonds. The Labute approximate surface area is 89.9 Å². The van der Waals surface area contributed by atoms with Crippen molar-refractivity contribution in [3.05, 3.63) is 17.7 Å². The lowest BCUT2D eigenvalue weighted by molar-refractivity contribution is 0.432. The van der Waals surface area contributed by atoms with E-state index < -0.39 is 0 Å². The first kappa shape index (κ1) is 8.99. The monoisotopic (exact) mass is 201 g/mol. The van der Waals surface area contributed by atoms with Gasteiger partial charge in [0.1, 0.15) is 11.5 Å². The lowest BCUT2D eigenvalue weighted by Crippen LogP contribution is -2.40. The van der Waals surface area contributed by atoms with Gasteiger partial charge < -0.3 is 9.88 Å². The van der Waals surface area contributed by atoms with E-state index in [4.69, 9.17) is 0 Å². The summed E-state index contributed by atoms with van der Waals surface area (Å²) in [4.78, 5) is 4.55. The highest BCUT2D eigenvalue weighted by Crippen LogP contribution is 2.14. The standard InChI is InChI=1S/C12H15N3/c1-2-6-15-9-11(14-12(15)3-1)5-4-10-7-13-8-10/h9-10,13H,1-3,6-8H2. The van der Waals surface area contributed by atoms with Gasteiger partial charge in [-0.2, -0.15) is 0 Å². The molecule has 2 aliphatic rings. The van der Waals surface area contributed by atoms with Crippen LogP contribution in [0.2, 0.25) is 0 Å². The average Bonchev–Trinajstić information content (AvgIpc) is 2.57. The molecule has 3 rings (SSSR count). The molecule has 0 atom stereocenters. The molecule has 1 aromatic rings. The fraction of sp³-hybridized carbons (Fsp3) is 0.583. The normalized spacial score (nSPS) is 20.0. The number of nitrogens with zero attached hydrogens (tertiary/aromatic N) is 2. The summed E-state index contributed by atoms with van der Waals surface area (Å²) in [5.74, 6) is 8.20. The molecule has 3 heterocycles. The zero-order valence-corrected chi connectivity index (χ0v) is 8.79. The third-order valence-electron chi connectivity index (χ3n) is 3.09. The number of aryl methyl sites for hydroxylation is 2. The number of hydrogen-bond donors (Lipinski definition) is 1. The summed E-state index contributed by atoms with van der Waals surface area (Å²) in [6, 6.07) is 0. The van der Waals surface area contributed by atoms with Crippen LogP contribution in [0.4, 0.5) is 0 Å². The van der Waals surface area contributed by atoms with Crippen molar-refractivity contribution in [3.63, 3.8) is 0 Å². The number of fused-ring (bicyclic) bond motifs is 1. The van der Waals surface area contributed by atoms with Gasteiger partial charge in [0.2, 0.25) is 0 Å². The van der Waals surface area contributed by atoms with Crippen LogP contribution in [0.3, 0.4) is 0 Å². The van der Waals surface area contributed by atoms with Crippen LogP contribution in [0.25, 0.3) is 0 Å². The van der Waals surface area contributed by atoms with E-state index in [1.807, 2.05) is 0 Å². The Bertz CT molecular complexity index is 394. The van der Waals surface area contributed by atoms with Crippen molar-refractivity contribution in [1.82, 2.24) is 14.9 Å². The largest absolute Gasteiger partial charge is 0.334 e. The molecule has 1 aromatic heterocycles. The van der Waals surface area contributed by atoms with E-state index >= 15 is 0 Å². The second-order valence-corrected chi connectivity index (χ2v) is 4.32. The summed E-state index contributed by atoms with van der Waals surface area (Å²) in [5, 5.41) is 3.22. The molecule has 0 aromatic carbocycles. The van der Waals surface area contributed by atoms with Crippen molar-refractivity contribution in [2.45, 2.75) is 25.8 Å². The number of rotatable bonds is 0. The van der Waals surface area contributed by atoms with Crippen LogP contribution in [-0.2, 0) is 13.0 Å². The first-order chi connectivity index (χ1) is 7.42. The SMILES string of the molecule is C(#CC1CNC1)c1cn2c(n1)CCCC2. The van der Waals surface area contributed by atoms with E-state index in [1.165, 1.54) is 18.7 Å². The molecule has 3 heteroatoms. The maximum absolute atomic E-state index is 4.55. The van der Waals surface area contributed by atoms with Gasteiger partial charge in [-0.05, 0) is 18.8 Å². The second kappa shape index (κ2) is 3.71. The Morgan fingerprint density at radius 2 is 2.33 bits per heavy atom. The highest BCUT2D eigenvalue weighted by Gasteiger charge is 2.14. The van der Waals surface area contributed by atoms with Gasteiger partial charge in [-0.1, -0.05) is 5.92 Å². The molecule has 1 saturated heterocycles. The Balaban J connectivity index is 1.79. The van der Waals surface area contributed by atoms with Gasteiger partial charge in [0.25, 0.3) is 0 Å². The Hall–Kier alpha value is -1.27. The molecule has 0 unspecified atom stereocenters. The maximum atomic E-state index is 4.55. The van der Waals surface area contributed by atoms with Crippen molar-refractivity contribution in [3.8, 4) is 11.8 Å². The minimum absolute atomic E-state index is 0.545. The molecular formula is C12H15N3. The van der Waals surface area contributed by atoms with Gasteiger partial charge >= 0.3 is 0 Å². The van der Waals surface area contributed by atoms with Crippen molar-refractivity contribution >= 4 is 0 Å². The summed E-state index contributed by atoms with van der Waals surface area (Å²) in [5.41, 5.74) is 0.957. The zero-order chi connectivity index (χ0) is 10.1. The van der Waals surface area contributed by atoms with Gasteiger partial charge in [-0.3, -0.25) is 0 Å². The number of hydrogen-bond acceptors (Lipinski definition) is 2. The highest BCUT2D eigenvalue weighted by molar-refractivity contribution is 5.28. The van der Waals surface area contributed by atoms with Crippen LogP contribution in [-0.4, -0.2) is 22.6 Å². The topological polar surface area (TPSA) is 29.9 Å². The van der Waals surface area contributed by atoms with Crippen molar-refractivity contribution in [2.75, 3.05) is 13.1 Å². The molecule has 1 N–H and O–H groups in total. The van der Waals surface area contributed by atoms with Gasteiger partial charge in [0.05, 0.1) is 0 Å². The second-order valence-electron chi connectivity index (χ2n) is 4.32. The average molecular weight is 201 g/mol. The Morgan fingerprint density at radius 1 is 1.40 bits per heavy atom.